The van der Waals surface area contributed by atoms with E-state index in [0.29, 0.717) is 21.9 Å². The molecule has 2 aromatic heterocycles. The molecule has 0 saturated carbocycles. The third kappa shape index (κ3) is 6.18. The second-order valence-corrected chi connectivity index (χ2v) is 10.6. The van der Waals surface area contributed by atoms with Gasteiger partial charge in [0.2, 0.25) is 0 Å². The van der Waals surface area contributed by atoms with Gasteiger partial charge in [-0.3, -0.25) is 20.2 Å². The molecule has 47 heavy (non-hydrogen) atoms. The van der Waals surface area contributed by atoms with Crippen molar-refractivity contribution in [1.82, 2.24) is 0 Å². The molecule has 0 bridgehead atoms. The zero-order valence-electron chi connectivity index (χ0n) is 24.2. The van der Waals surface area contributed by atoms with Crippen molar-refractivity contribution < 1.29 is 32.2 Å². The zero-order valence-corrected chi connectivity index (χ0v) is 24.2. The van der Waals surface area contributed by atoms with Crippen molar-refractivity contribution in [3.05, 3.63) is 159 Å². The lowest BCUT2D eigenvalue weighted by Crippen LogP contribution is -2.12. The highest BCUT2D eigenvalue weighted by Gasteiger charge is 2.19. The molecule has 0 aliphatic rings. The minimum atomic E-state index is -0.990. The highest BCUT2D eigenvalue weighted by atomic mass is 19.1. The highest BCUT2D eigenvalue weighted by Crippen LogP contribution is 2.32. The Hall–Kier alpha value is -6.24. The molecule has 236 valence electrons. The van der Waals surface area contributed by atoms with Crippen molar-refractivity contribution in [3.63, 3.8) is 0 Å². The fourth-order valence-corrected chi connectivity index (χ4v) is 5.46. The quantitative estimate of drug-likeness (QED) is 0.0834. The van der Waals surface area contributed by atoms with Gasteiger partial charge in [-0.2, -0.15) is 0 Å². The summed E-state index contributed by atoms with van der Waals surface area (Å²) in [4.78, 5) is 47.0. The third-order valence-electron chi connectivity index (χ3n) is 7.69. The van der Waals surface area contributed by atoms with E-state index in [0.717, 1.165) is 0 Å². The maximum atomic E-state index is 14.3. The van der Waals surface area contributed by atoms with E-state index in [2.05, 4.69) is 0 Å². The van der Waals surface area contributed by atoms with Crippen LogP contribution in [0.25, 0.3) is 21.9 Å². The lowest BCUT2D eigenvalue weighted by atomic mass is 9.99. The van der Waals surface area contributed by atoms with Crippen molar-refractivity contribution in [1.29, 1.82) is 0 Å². The van der Waals surface area contributed by atoms with Gasteiger partial charge in [-0.05, 0) is 35.4 Å². The molecule has 0 atom stereocenters. The number of benzene rings is 4. The van der Waals surface area contributed by atoms with Gasteiger partial charge in [-0.25, -0.2) is 18.4 Å². The summed E-state index contributed by atoms with van der Waals surface area (Å²) in [5, 5.41) is 22.9. The fourth-order valence-electron chi connectivity index (χ4n) is 5.46. The van der Waals surface area contributed by atoms with Gasteiger partial charge < -0.3 is 13.6 Å². The van der Waals surface area contributed by atoms with Crippen molar-refractivity contribution in [2.24, 2.45) is 0 Å². The third-order valence-corrected chi connectivity index (χ3v) is 7.69. The number of nitro benzene ring substituents is 2. The van der Waals surface area contributed by atoms with Gasteiger partial charge in [-0.1, -0.05) is 24.3 Å². The Labute approximate surface area is 262 Å². The molecule has 0 aliphatic carbocycles. The normalized spacial score (nSPS) is 11.2. The maximum absolute atomic E-state index is 14.3. The number of rotatable bonds is 10. The topological polar surface area (TPSA) is 156 Å². The maximum Gasteiger partial charge on any atom is 0.340 e. The smallest absolute Gasteiger partial charge is 0.340 e. The van der Waals surface area contributed by atoms with E-state index in [1.54, 1.807) is 12.1 Å². The number of alkyl halides is 2. The molecular weight excluding hydrogens is 618 g/mol. The van der Waals surface area contributed by atoms with Gasteiger partial charge in [0, 0.05) is 82.3 Å². The molecule has 2 heterocycles. The number of hydrogen-bond donors (Lipinski definition) is 0. The molecular formula is C34H22F2N2O9. The summed E-state index contributed by atoms with van der Waals surface area (Å²) < 4.78 is 45.5. The van der Waals surface area contributed by atoms with Crippen LogP contribution in [-0.2, 0) is 26.2 Å². The molecule has 0 saturated heterocycles. The predicted octanol–water partition coefficient (Wildman–Crippen LogP) is 7.63. The van der Waals surface area contributed by atoms with E-state index in [9.17, 15) is 38.6 Å². The Bertz CT molecular complexity index is 2170. The van der Waals surface area contributed by atoms with Crippen LogP contribution in [0, 0.1) is 20.2 Å². The van der Waals surface area contributed by atoms with E-state index < -0.39 is 34.4 Å². The average molecular weight is 641 g/mol. The second kappa shape index (κ2) is 12.6. The second-order valence-electron chi connectivity index (χ2n) is 10.6. The minimum absolute atomic E-state index is 0.0345. The summed E-state index contributed by atoms with van der Waals surface area (Å²) in [6, 6.07) is 20.2. The fraction of sp³-hybridized carbons (Fsp3) is 0.118. The Balaban J connectivity index is 1.30. The van der Waals surface area contributed by atoms with Crippen LogP contribution in [0.2, 0.25) is 0 Å². The van der Waals surface area contributed by atoms with Crippen molar-refractivity contribution in [2.45, 2.75) is 26.2 Å². The molecule has 0 unspecified atom stereocenters. The van der Waals surface area contributed by atoms with E-state index in [1.165, 1.54) is 72.8 Å². The summed E-state index contributed by atoms with van der Waals surface area (Å²) >= 11 is 0. The van der Waals surface area contributed by atoms with E-state index in [4.69, 9.17) is 13.6 Å². The van der Waals surface area contributed by atoms with Crippen LogP contribution < -0.4 is 16.0 Å². The standard InChI is InChI=1S/C34H22F2N2O9/c35-17-29-25-9-7-23(15-31(25)46-33(39)27(29)13-19-3-1-5-21(11-19)37(41)42)45-24-8-10-26-30(18-36)28(34(40)47-32(26)16-24)14-20-4-2-6-22(12-20)38(43)44/h1-12,15-16H,13-14,17-18H2. The van der Waals surface area contributed by atoms with Gasteiger partial charge in [0.25, 0.3) is 11.4 Å². The summed E-state index contributed by atoms with van der Waals surface area (Å²) in [5.74, 6) is 0.401. The number of non-ortho nitro benzene ring substituents is 2. The van der Waals surface area contributed by atoms with Gasteiger partial charge >= 0.3 is 11.3 Å². The monoisotopic (exact) mass is 640 g/mol. The first-order valence-electron chi connectivity index (χ1n) is 14.1. The molecule has 0 spiro atoms. The van der Waals surface area contributed by atoms with Crippen molar-refractivity contribution in [3.8, 4) is 11.5 Å². The van der Waals surface area contributed by atoms with Crippen molar-refractivity contribution in [2.75, 3.05) is 0 Å². The van der Waals surface area contributed by atoms with E-state index in [-0.39, 0.29) is 69.1 Å². The van der Waals surface area contributed by atoms with Crippen LogP contribution in [0.3, 0.4) is 0 Å². The molecule has 13 heteroatoms. The Kier molecular flexibility index (Phi) is 8.27. The van der Waals surface area contributed by atoms with Gasteiger partial charge in [0.05, 0.1) is 9.85 Å². The number of fused-ring (bicyclic) bond motifs is 2. The molecule has 0 radical (unpaired) electrons. The predicted molar refractivity (Wildman–Crippen MR) is 166 cm³/mol. The lowest BCUT2D eigenvalue weighted by molar-refractivity contribution is -0.385. The molecule has 0 N–H and O–H groups in total. The SMILES string of the molecule is O=c1oc2cc(Oc3ccc4c(CF)c(Cc5cccc([N+](=O)[O-])c5)c(=O)oc4c3)ccc2c(CF)c1Cc1cccc([N+](=O)[O-])c1. The first-order valence-corrected chi connectivity index (χ1v) is 14.1. The first-order chi connectivity index (χ1) is 22.6. The average Bonchev–Trinajstić information content (AvgIpc) is 3.05. The Morgan fingerprint density at radius 3 is 1.40 bits per heavy atom. The molecule has 0 aliphatic heterocycles. The van der Waals surface area contributed by atoms with Crippen LogP contribution in [0.1, 0.15) is 33.4 Å². The Morgan fingerprint density at radius 2 is 1.02 bits per heavy atom. The van der Waals surface area contributed by atoms with E-state index in [1.807, 2.05) is 0 Å². The number of nitro groups is 2. The van der Waals surface area contributed by atoms with Crippen LogP contribution in [0.15, 0.2) is 103 Å². The zero-order chi connectivity index (χ0) is 33.2. The van der Waals surface area contributed by atoms with E-state index >= 15 is 0 Å². The lowest BCUT2D eigenvalue weighted by Gasteiger charge is -2.12. The van der Waals surface area contributed by atoms with Crippen LogP contribution in [0.4, 0.5) is 20.2 Å². The summed E-state index contributed by atoms with van der Waals surface area (Å²) in [6.45, 7) is -1.98. The summed E-state index contributed by atoms with van der Waals surface area (Å²) in [5.41, 5.74) is -0.728. The van der Waals surface area contributed by atoms with Crippen LogP contribution in [-0.4, -0.2) is 9.85 Å². The molecule has 0 fully saturated rings. The number of ether oxygens (including phenoxy) is 1. The molecule has 11 nitrogen and oxygen atoms in total. The summed E-state index contributed by atoms with van der Waals surface area (Å²) in [6.07, 6.45) is -0.152. The van der Waals surface area contributed by atoms with Crippen LogP contribution in [0.5, 0.6) is 11.5 Å². The van der Waals surface area contributed by atoms with Crippen molar-refractivity contribution >= 4 is 33.3 Å². The number of halogens is 2. The molecule has 6 rings (SSSR count). The highest BCUT2D eigenvalue weighted by molar-refractivity contribution is 5.84. The summed E-state index contributed by atoms with van der Waals surface area (Å²) in [7, 11) is 0. The molecule has 4 aromatic carbocycles. The van der Waals surface area contributed by atoms with Gasteiger partial charge in [-0.15, -0.1) is 0 Å². The number of nitrogens with zero attached hydrogens (tertiary/aromatic N) is 2. The molecule has 0 amide bonds. The molecule has 6 aromatic rings. The van der Waals surface area contributed by atoms with Gasteiger partial charge in [0.1, 0.15) is 36.0 Å². The minimum Gasteiger partial charge on any atom is -0.457 e. The largest absolute Gasteiger partial charge is 0.457 e. The van der Waals surface area contributed by atoms with Gasteiger partial charge in [0.15, 0.2) is 0 Å². The Morgan fingerprint density at radius 1 is 0.596 bits per heavy atom. The number of hydrogen-bond acceptors (Lipinski definition) is 9. The first kappa shape index (κ1) is 30.8. The van der Waals surface area contributed by atoms with Crippen LogP contribution >= 0.6 is 0 Å².